The van der Waals surface area contributed by atoms with Crippen molar-refractivity contribution in [2.24, 2.45) is 11.8 Å². The van der Waals surface area contributed by atoms with Gasteiger partial charge in [-0.1, -0.05) is 26.8 Å². The fourth-order valence-corrected chi connectivity index (χ4v) is 1.21. The first-order chi connectivity index (χ1) is 7.13. The summed E-state index contributed by atoms with van der Waals surface area (Å²) in [4.78, 5) is 0. The van der Waals surface area contributed by atoms with Crippen LogP contribution in [-0.4, -0.2) is 6.54 Å². The Hall–Kier alpha value is -1.49. The fourth-order valence-electron chi connectivity index (χ4n) is 1.21. The van der Waals surface area contributed by atoms with Crippen LogP contribution in [0.4, 0.5) is 5.69 Å². The molecule has 0 amide bonds. The van der Waals surface area contributed by atoms with Gasteiger partial charge in [-0.3, -0.25) is 0 Å². The number of nitriles is 1. The zero-order valence-corrected chi connectivity index (χ0v) is 9.62. The summed E-state index contributed by atoms with van der Waals surface area (Å²) in [6, 6.07) is 9.73. The monoisotopic (exact) mass is 202 g/mol. The summed E-state index contributed by atoms with van der Waals surface area (Å²) in [6.07, 6.45) is 0. The molecule has 80 valence electrons. The van der Waals surface area contributed by atoms with Gasteiger partial charge in [0.1, 0.15) is 0 Å². The second-order valence-electron chi connectivity index (χ2n) is 4.29. The lowest BCUT2D eigenvalue weighted by molar-refractivity contribution is 0.440. The van der Waals surface area contributed by atoms with Crippen molar-refractivity contribution in [3.63, 3.8) is 0 Å². The number of hydrogen-bond donors (Lipinski definition) is 1. The zero-order valence-electron chi connectivity index (χ0n) is 9.62. The molecule has 0 saturated carbocycles. The molecule has 2 nitrogen and oxygen atoms in total. The number of hydrogen-bond acceptors (Lipinski definition) is 2. The minimum atomic E-state index is 0.635. The molecule has 1 atom stereocenters. The van der Waals surface area contributed by atoms with Crippen molar-refractivity contribution in [3.05, 3.63) is 29.8 Å². The Balaban J connectivity index is 2.55. The lowest BCUT2D eigenvalue weighted by Gasteiger charge is -2.16. The summed E-state index contributed by atoms with van der Waals surface area (Å²) in [5.74, 6) is 1.31. The largest absolute Gasteiger partial charge is 0.385 e. The number of rotatable bonds is 4. The molecule has 0 heterocycles. The highest BCUT2D eigenvalue weighted by Gasteiger charge is 2.06. The van der Waals surface area contributed by atoms with E-state index in [0.717, 1.165) is 12.2 Å². The molecule has 0 aliphatic carbocycles. The van der Waals surface area contributed by atoms with Crippen LogP contribution in [0, 0.1) is 23.2 Å². The Morgan fingerprint density at radius 2 is 2.07 bits per heavy atom. The van der Waals surface area contributed by atoms with Crippen molar-refractivity contribution in [1.82, 2.24) is 0 Å². The molecule has 0 radical (unpaired) electrons. The predicted molar refractivity (Wildman–Crippen MR) is 63.6 cm³/mol. The molecule has 15 heavy (non-hydrogen) atoms. The molecular formula is C13H18N2. The van der Waals surface area contributed by atoms with Crippen molar-refractivity contribution in [2.75, 3.05) is 11.9 Å². The van der Waals surface area contributed by atoms with Crippen molar-refractivity contribution >= 4 is 5.69 Å². The van der Waals surface area contributed by atoms with Gasteiger partial charge in [0.25, 0.3) is 0 Å². The van der Waals surface area contributed by atoms with Crippen LogP contribution in [0.15, 0.2) is 24.3 Å². The molecule has 2 heteroatoms. The Morgan fingerprint density at radius 1 is 1.33 bits per heavy atom. The van der Waals surface area contributed by atoms with Crippen LogP contribution in [0.25, 0.3) is 0 Å². The van der Waals surface area contributed by atoms with Crippen LogP contribution >= 0.6 is 0 Å². The third-order valence-corrected chi connectivity index (χ3v) is 2.76. The van der Waals surface area contributed by atoms with E-state index < -0.39 is 0 Å². The number of benzene rings is 1. The number of nitrogens with zero attached hydrogens (tertiary/aromatic N) is 1. The van der Waals surface area contributed by atoms with Gasteiger partial charge in [-0.2, -0.15) is 5.26 Å². The molecule has 0 aliphatic heterocycles. The Labute approximate surface area is 91.9 Å². The maximum atomic E-state index is 8.75. The summed E-state index contributed by atoms with van der Waals surface area (Å²) in [5.41, 5.74) is 1.73. The second-order valence-corrected chi connectivity index (χ2v) is 4.29. The van der Waals surface area contributed by atoms with E-state index in [1.54, 1.807) is 0 Å². The van der Waals surface area contributed by atoms with Crippen LogP contribution in [0.1, 0.15) is 26.3 Å². The molecule has 1 unspecified atom stereocenters. The Morgan fingerprint density at radius 3 is 2.67 bits per heavy atom. The van der Waals surface area contributed by atoms with Gasteiger partial charge in [-0.25, -0.2) is 0 Å². The zero-order chi connectivity index (χ0) is 11.3. The average molecular weight is 202 g/mol. The first kappa shape index (κ1) is 11.6. The van der Waals surface area contributed by atoms with Crippen molar-refractivity contribution in [2.45, 2.75) is 20.8 Å². The third kappa shape index (κ3) is 3.63. The van der Waals surface area contributed by atoms with E-state index in [9.17, 15) is 0 Å². The smallest absolute Gasteiger partial charge is 0.0992 e. The standard InChI is InChI=1S/C13H18N2/c1-10(2)11(3)9-15-13-6-4-5-12(7-13)8-14/h4-7,10-11,15H,9H2,1-3H3. The number of anilines is 1. The Kier molecular flexibility index (Phi) is 4.17. The molecule has 0 aliphatic rings. The summed E-state index contributed by atoms with van der Waals surface area (Å²) >= 11 is 0. The average Bonchev–Trinajstić information content (AvgIpc) is 2.26. The van der Waals surface area contributed by atoms with Gasteiger partial charge in [0, 0.05) is 12.2 Å². The number of nitrogens with one attached hydrogen (secondary N) is 1. The predicted octanol–water partition coefficient (Wildman–Crippen LogP) is 3.26. The van der Waals surface area contributed by atoms with Gasteiger partial charge in [-0.15, -0.1) is 0 Å². The molecule has 0 saturated heterocycles. The van der Waals surface area contributed by atoms with Gasteiger partial charge in [0.2, 0.25) is 0 Å². The molecule has 1 aromatic rings. The quantitative estimate of drug-likeness (QED) is 0.813. The highest BCUT2D eigenvalue weighted by atomic mass is 14.9. The first-order valence-corrected chi connectivity index (χ1v) is 5.37. The molecule has 1 N–H and O–H groups in total. The summed E-state index contributed by atoms with van der Waals surface area (Å²) in [7, 11) is 0. The van der Waals surface area contributed by atoms with Gasteiger partial charge < -0.3 is 5.32 Å². The van der Waals surface area contributed by atoms with Crippen molar-refractivity contribution in [3.8, 4) is 6.07 Å². The van der Waals surface area contributed by atoms with Crippen LogP contribution in [0.2, 0.25) is 0 Å². The maximum Gasteiger partial charge on any atom is 0.0992 e. The minimum absolute atomic E-state index is 0.635. The lowest BCUT2D eigenvalue weighted by atomic mass is 9.98. The molecule has 0 aromatic heterocycles. The van der Waals surface area contributed by atoms with E-state index in [2.05, 4.69) is 32.2 Å². The summed E-state index contributed by atoms with van der Waals surface area (Å²) in [5, 5.41) is 12.1. The molecule has 1 rings (SSSR count). The highest BCUT2D eigenvalue weighted by Crippen LogP contribution is 2.13. The summed E-state index contributed by atoms with van der Waals surface area (Å²) < 4.78 is 0. The topological polar surface area (TPSA) is 35.8 Å². The van der Waals surface area contributed by atoms with Crippen LogP contribution < -0.4 is 5.32 Å². The lowest BCUT2D eigenvalue weighted by Crippen LogP contribution is -2.16. The van der Waals surface area contributed by atoms with Crippen LogP contribution in [0.3, 0.4) is 0 Å². The molecular weight excluding hydrogens is 184 g/mol. The van der Waals surface area contributed by atoms with Crippen LogP contribution in [0.5, 0.6) is 0 Å². The van der Waals surface area contributed by atoms with Gasteiger partial charge >= 0.3 is 0 Å². The first-order valence-electron chi connectivity index (χ1n) is 5.37. The van der Waals surface area contributed by atoms with E-state index in [-0.39, 0.29) is 0 Å². The minimum Gasteiger partial charge on any atom is -0.385 e. The van der Waals surface area contributed by atoms with E-state index in [0.29, 0.717) is 17.4 Å². The SMILES string of the molecule is CC(C)C(C)CNc1cccc(C#N)c1. The molecule has 0 fully saturated rings. The third-order valence-electron chi connectivity index (χ3n) is 2.76. The van der Waals surface area contributed by atoms with Crippen molar-refractivity contribution in [1.29, 1.82) is 5.26 Å². The van der Waals surface area contributed by atoms with E-state index in [1.165, 1.54) is 0 Å². The van der Waals surface area contributed by atoms with Gasteiger partial charge in [0.15, 0.2) is 0 Å². The highest BCUT2D eigenvalue weighted by molar-refractivity contribution is 5.49. The van der Waals surface area contributed by atoms with E-state index in [1.807, 2.05) is 24.3 Å². The van der Waals surface area contributed by atoms with Gasteiger partial charge in [0.05, 0.1) is 11.6 Å². The van der Waals surface area contributed by atoms with Crippen molar-refractivity contribution < 1.29 is 0 Å². The van der Waals surface area contributed by atoms with Gasteiger partial charge in [-0.05, 0) is 30.0 Å². The molecule has 0 bridgehead atoms. The van der Waals surface area contributed by atoms with E-state index >= 15 is 0 Å². The maximum absolute atomic E-state index is 8.75. The normalized spacial score (nSPS) is 12.2. The van der Waals surface area contributed by atoms with Crippen LogP contribution in [-0.2, 0) is 0 Å². The van der Waals surface area contributed by atoms with E-state index in [4.69, 9.17) is 5.26 Å². The second kappa shape index (κ2) is 5.41. The molecule has 1 aromatic carbocycles. The molecule has 0 spiro atoms. The fraction of sp³-hybridized carbons (Fsp3) is 0.462. The summed E-state index contributed by atoms with van der Waals surface area (Å²) in [6.45, 7) is 7.62. The Bertz CT molecular complexity index is 350.